The lowest BCUT2D eigenvalue weighted by molar-refractivity contribution is -0.156. The highest BCUT2D eigenvalue weighted by molar-refractivity contribution is 6.43. The van der Waals surface area contributed by atoms with Crippen LogP contribution in [-0.4, -0.2) is 31.4 Å². The number of hydrogen-bond acceptors (Lipinski definition) is 4. The Balaban J connectivity index is 2.27. The first-order valence-electron chi connectivity index (χ1n) is 4.47. The summed E-state index contributed by atoms with van der Waals surface area (Å²) in [6.45, 7) is 0.869. The number of terminal acetylenes is 1. The number of allylic oxidation sites excluding steroid dienone is 1. The second kappa shape index (κ2) is 3.86. The molecule has 0 aromatic heterocycles. The number of Topliss-reactive ketones (excluding diaryl/α,β-unsaturated/α-hetero) is 1. The minimum atomic E-state index is -1.12. The van der Waals surface area contributed by atoms with Crippen molar-refractivity contribution in [3.63, 3.8) is 0 Å². The lowest BCUT2D eigenvalue weighted by Gasteiger charge is -2.23. The molecular weight excluding hydrogens is 220 g/mol. The average molecular weight is 229 g/mol. The molecule has 0 unspecified atom stereocenters. The fraction of sp³-hybridized carbons (Fsp3) is 0.500. The zero-order valence-corrected chi connectivity index (χ0v) is 8.67. The predicted octanol–water partition coefficient (Wildman–Crippen LogP) is 0.802. The molecule has 0 saturated carbocycles. The molecule has 0 radical (unpaired) electrons. The Kier molecular flexibility index (Phi) is 2.70. The Morgan fingerprint density at radius 3 is 2.80 bits per heavy atom. The van der Waals surface area contributed by atoms with E-state index in [4.69, 9.17) is 32.2 Å². The zero-order chi connectivity index (χ0) is 10.9. The van der Waals surface area contributed by atoms with Gasteiger partial charge >= 0.3 is 0 Å². The van der Waals surface area contributed by atoms with E-state index in [0.29, 0.717) is 13.2 Å². The van der Waals surface area contributed by atoms with Crippen molar-refractivity contribution < 1.29 is 19.0 Å². The van der Waals surface area contributed by atoms with Crippen LogP contribution in [0.4, 0.5) is 0 Å². The Morgan fingerprint density at radius 1 is 1.53 bits per heavy atom. The van der Waals surface area contributed by atoms with E-state index in [1.807, 2.05) is 0 Å². The Labute approximate surface area is 92.1 Å². The van der Waals surface area contributed by atoms with Crippen LogP contribution in [-0.2, 0) is 19.0 Å². The van der Waals surface area contributed by atoms with Gasteiger partial charge in [-0.3, -0.25) is 4.79 Å². The minimum Gasteiger partial charge on any atom is -0.478 e. The average Bonchev–Trinajstić information content (AvgIpc) is 2.75. The molecule has 1 fully saturated rings. The summed E-state index contributed by atoms with van der Waals surface area (Å²) in [6.07, 6.45) is 5.13. The number of halogens is 1. The number of hydrogen-bond donors (Lipinski definition) is 0. The highest BCUT2D eigenvalue weighted by Gasteiger charge is 2.52. The Morgan fingerprint density at radius 2 is 2.20 bits per heavy atom. The molecule has 1 heterocycles. The maximum absolute atomic E-state index is 11.4. The van der Waals surface area contributed by atoms with Gasteiger partial charge in [0, 0.05) is 0 Å². The fourth-order valence-electron chi connectivity index (χ4n) is 1.64. The molecular formula is C10H9ClO4. The van der Waals surface area contributed by atoms with Gasteiger partial charge in [-0.1, -0.05) is 17.5 Å². The van der Waals surface area contributed by atoms with Gasteiger partial charge in [0.25, 0.3) is 0 Å². The summed E-state index contributed by atoms with van der Waals surface area (Å²) < 4.78 is 16.0. The topological polar surface area (TPSA) is 44.8 Å². The van der Waals surface area contributed by atoms with Gasteiger partial charge in [0.2, 0.25) is 5.79 Å². The third-order valence-corrected chi connectivity index (χ3v) is 2.62. The van der Waals surface area contributed by atoms with Crippen LogP contribution in [0, 0.1) is 12.3 Å². The molecule has 1 aliphatic heterocycles. The maximum atomic E-state index is 11.4. The van der Waals surface area contributed by atoms with Crippen LogP contribution in [0.2, 0.25) is 0 Å². The van der Waals surface area contributed by atoms with Gasteiger partial charge in [-0.05, 0) is 0 Å². The Hall–Kier alpha value is -1.02. The summed E-state index contributed by atoms with van der Waals surface area (Å²) in [4.78, 5) is 11.4. The summed E-state index contributed by atoms with van der Waals surface area (Å²) in [7, 11) is 0. The molecule has 0 bridgehead atoms. The van der Waals surface area contributed by atoms with Crippen LogP contribution in [0.1, 0.15) is 6.42 Å². The van der Waals surface area contributed by atoms with Crippen LogP contribution in [0.3, 0.4) is 0 Å². The van der Waals surface area contributed by atoms with Crippen LogP contribution in [0.15, 0.2) is 10.8 Å². The van der Waals surface area contributed by atoms with Crippen molar-refractivity contribution in [2.45, 2.75) is 12.2 Å². The number of rotatable bonds is 2. The van der Waals surface area contributed by atoms with Gasteiger partial charge in [0.05, 0.1) is 19.6 Å². The molecule has 1 spiro atoms. The number of carbonyl (C=O) groups excluding carboxylic acids is 1. The van der Waals surface area contributed by atoms with E-state index in [-0.39, 0.29) is 29.6 Å². The molecule has 1 saturated heterocycles. The first-order chi connectivity index (χ1) is 7.19. The normalized spacial score (nSPS) is 23.6. The summed E-state index contributed by atoms with van der Waals surface area (Å²) in [5.74, 6) is 1.15. The van der Waals surface area contributed by atoms with E-state index in [1.54, 1.807) is 0 Å². The van der Waals surface area contributed by atoms with Gasteiger partial charge in [-0.15, -0.1) is 6.42 Å². The van der Waals surface area contributed by atoms with E-state index >= 15 is 0 Å². The first-order valence-corrected chi connectivity index (χ1v) is 4.85. The molecule has 2 aliphatic rings. The fourth-order valence-corrected chi connectivity index (χ4v) is 1.90. The standard InChI is InChI=1S/C10H9ClO4/c1-2-3-13-9-8(11)7(12)6-10(9)14-4-5-15-10/h1H,3-6H2. The molecule has 4 nitrogen and oxygen atoms in total. The molecule has 2 rings (SSSR count). The van der Waals surface area contributed by atoms with E-state index < -0.39 is 5.79 Å². The second-order valence-electron chi connectivity index (χ2n) is 3.19. The quantitative estimate of drug-likeness (QED) is 0.656. The molecule has 0 aromatic carbocycles. The maximum Gasteiger partial charge on any atom is 0.237 e. The largest absolute Gasteiger partial charge is 0.478 e. The first kappa shape index (κ1) is 10.5. The van der Waals surface area contributed by atoms with Crippen molar-refractivity contribution in [2.75, 3.05) is 19.8 Å². The molecule has 15 heavy (non-hydrogen) atoms. The molecule has 1 aliphatic carbocycles. The van der Waals surface area contributed by atoms with E-state index in [2.05, 4.69) is 5.92 Å². The molecule has 0 amide bonds. The van der Waals surface area contributed by atoms with Crippen molar-refractivity contribution in [3.05, 3.63) is 10.8 Å². The third-order valence-electron chi connectivity index (χ3n) is 2.24. The Bertz CT molecular complexity index is 360. The second-order valence-corrected chi connectivity index (χ2v) is 3.56. The van der Waals surface area contributed by atoms with E-state index in [1.165, 1.54) is 0 Å². The summed E-state index contributed by atoms with van der Waals surface area (Å²) in [6, 6.07) is 0. The summed E-state index contributed by atoms with van der Waals surface area (Å²) >= 11 is 5.81. The van der Waals surface area contributed by atoms with Gasteiger partial charge < -0.3 is 14.2 Å². The van der Waals surface area contributed by atoms with E-state index in [9.17, 15) is 4.79 Å². The molecule has 5 heteroatoms. The van der Waals surface area contributed by atoms with Crippen LogP contribution in [0.25, 0.3) is 0 Å². The van der Waals surface area contributed by atoms with Crippen LogP contribution in [0.5, 0.6) is 0 Å². The predicted molar refractivity (Wildman–Crippen MR) is 51.9 cm³/mol. The van der Waals surface area contributed by atoms with E-state index in [0.717, 1.165) is 0 Å². The number of ketones is 1. The van der Waals surface area contributed by atoms with Crippen molar-refractivity contribution in [1.29, 1.82) is 0 Å². The lowest BCUT2D eigenvalue weighted by atomic mass is 10.2. The summed E-state index contributed by atoms with van der Waals surface area (Å²) in [5.41, 5.74) is 0. The molecule has 80 valence electrons. The molecule has 0 aromatic rings. The smallest absolute Gasteiger partial charge is 0.237 e. The molecule has 0 atom stereocenters. The highest BCUT2D eigenvalue weighted by Crippen LogP contribution is 2.41. The summed E-state index contributed by atoms with van der Waals surface area (Å²) in [5, 5.41) is 0.0205. The van der Waals surface area contributed by atoms with Crippen molar-refractivity contribution >= 4 is 17.4 Å². The van der Waals surface area contributed by atoms with Crippen molar-refractivity contribution in [3.8, 4) is 12.3 Å². The SMILES string of the molecule is C#CCOC1=C(Cl)C(=O)CC12OCCO2. The molecule has 0 N–H and O–H groups in total. The van der Waals surface area contributed by atoms with Gasteiger partial charge in [0.1, 0.15) is 11.6 Å². The number of ether oxygens (including phenoxy) is 3. The highest BCUT2D eigenvalue weighted by atomic mass is 35.5. The minimum absolute atomic E-state index is 0.0205. The van der Waals surface area contributed by atoms with Crippen LogP contribution >= 0.6 is 11.6 Å². The van der Waals surface area contributed by atoms with Gasteiger partial charge in [-0.25, -0.2) is 0 Å². The third kappa shape index (κ3) is 1.63. The number of carbonyl (C=O) groups is 1. The monoisotopic (exact) mass is 228 g/mol. The van der Waals surface area contributed by atoms with Gasteiger partial charge in [0.15, 0.2) is 11.5 Å². The zero-order valence-electron chi connectivity index (χ0n) is 7.92. The van der Waals surface area contributed by atoms with Crippen molar-refractivity contribution in [1.82, 2.24) is 0 Å². The lowest BCUT2D eigenvalue weighted by Crippen LogP contribution is -2.31. The van der Waals surface area contributed by atoms with Crippen LogP contribution < -0.4 is 0 Å². The van der Waals surface area contributed by atoms with Gasteiger partial charge in [-0.2, -0.15) is 0 Å². The van der Waals surface area contributed by atoms with Crippen molar-refractivity contribution in [2.24, 2.45) is 0 Å².